The molecular weight excluding hydrogens is 453 g/mol. The third-order valence-corrected chi connectivity index (χ3v) is 5.21. The van der Waals surface area contributed by atoms with E-state index in [-0.39, 0.29) is 25.0 Å². The molecule has 0 unspecified atom stereocenters. The highest BCUT2D eigenvalue weighted by Crippen LogP contribution is 2.30. The number of anilines is 3. The molecule has 3 amide bonds. The summed E-state index contributed by atoms with van der Waals surface area (Å²) in [7, 11) is 0. The Bertz CT molecular complexity index is 1200. The van der Waals surface area contributed by atoms with Gasteiger partial charge in [-0.3, -0.25) is 19.3 Å². The first-order chi connectivity index (χ1) is 15.4. The third kappa shape index (κ3) is 4.85. The fraction of sp³-hybridized carbons (Fsp3) is 0.0870. The summed E-state index contributed by atoms with van der Waals surface area (Å²) < 4.78 is 5.41. The van der Waals surface area contributed by atoms with Gasteiger partial charge in [-0.2, -0.15) is 0 Å². The molecule has 1 aliphatic rings. The Morgan fingerprint density at radius 2 is 1.78 bits per heavy atom. The Hall–Kier alpha value is -3.55. The van der Waals surface area contributed by atoms with Gasteiger partial charge < -0.3 is 15.4 Å². The number of hydrogen-bond acceptors (Lipinski definition) is 4. The van der Waals surface area contributed by atoms with Crippen LogP contribution in [0.5, 0.6) is 5.75 Å². The molecule has 0 fully saturated rings. The molecule has 3 aromatic rings. The van der Waals surface area contributed by atoms with Gasteiger partial charge in [0.25, 0.3) is 11.8 Å². The lowest BCUT2D eigenvalue weighted by Gasteiger charge is -2.29. The summed E-state index contributed by atoms with van der Waals surface area (Å²) in [5, 5.41) is 6.21. The molecule has 162 valence electrons. The van der Waals surface area contributed by atoms with E-state index >= 15 is 0 Å². The summed E-state index contributed by atoms with van der Waals surface area (Å²) in [5.41, 5.74) is 2.10. The number of fused-ring (bicyclic) bond motifs is 1. The number of hydrogen-bond donors (Lipinski definition) is 2. The van der Waals surface area contributed by atoms with Crippen LogP contribution in [0.25, 0.3) is 0 Å². The Morgan fingerprint density at radius 1 is 1.03 bits per heavy atom. The number of halogens is 2. The zero-order valence-electron chi connectivity index (χ0n) is 16.6. The number of nitrogens with one attached hydrogen (secondary N) is 2. The van der Waals surface area contributed by atoms with Crippen molar-refractivity contribution >= 4 is 58.0 Å². The zero-order chi connectivity index (χ0) is 22.7. The molecule has 9 heteroatoms. The highest BCUT2D eigenvalue weighted by atomic mass is 35.5. The van der Waals surface area contributed by atoms with Crippen molar-refractivity contribution < 1.29 is 19.1 Å². The topological polar surface area (TPSA) is 87.7 Å². The lowest BCUT2D eigenvalue weighted by atomic mass is 10.1. The van der Waals surface area contributed by atoms with Gasteiger partial charge in [-0.25, -0.2) is 0 Å². The summed E-state index contributed by atoms with van der Waals surface area (Å²) >= 11 is 11.9. The van der Waals surface area contributed by atoms with Gasteiger partial charge in [-0.1, -0.05) is 35.3 Å². The molecule has 0 radical (unpaired) electrons. The number of carbonyl (C=O) groups excluding carboxylic acids is 3. The molecular formula is C23H17Cl2N3O4. The largest absolute Gasteiger partial charge is 0.482 e. The molecule has 0 spiro atoms. The van der Waals surface area contributed by atoms with Crippen LogP contribution in [0, 0.1) is 0 Å². The highest BCUT2D eigenvalue weighted by Gasteiger charge is 2.27. The van der Waals surface area contributed by atoms with Crippen LogP contribution in [0.15, 0.2) is 66.7 Å². The second-order valence-electron chi connectivity index (χ2n) is 6.95. The first kappa shape index (κ1) is 21.7. The van der Waals surface area contributed by atoms with Crippen molar-refractivity contribution in [2.75, 3.05) is 28.7 Å². The van der Waals surface area contributed by atoms with Gasteiger partial charge in [-0.05, 0) is 54.6 Å². The number of para-hydroxylation sites is 2. The van der Waals surface area contributed by atoms with Crippen molar-refractivity contribution in [2.45, 2.75) is 0 Å². The second-order valence-corrected chi connectivity index (χ2v) is 7.79. The number of ether oxygens (including phenoxy) is 1. The average Bonchev–Trinajstić information content (AvgIpc) is 2.78. The fourth-order valence-corrected chi connectivity index (χ4v) is 3.66. The number of amides is 3. The SMILES string of the molecule is O=C(COc1ccc(Cl)cc1Cl)Nc1ccc(C(=O)N2CC(=O)Nc3ccccc32)cc1. The second kappa shape index (κ2) is 9.30. The van der Waals surface area contributed by atoms with Crippen molar-refractivity contribution in [1.29, 1.82) is 0 Å². The maximum Gasteiger partial charge on any atom is 0.262 e. The molecule has 0 atom stereocenters. The van der Waals surface area contributed by atoms with Gasteiger partial charge in [0.15, 0.2) is 6.61 Å². The van der Waals surface area contributed by atoms with Crippen LogP contribution in [0.3, 0.4) is 0 Å². The maximum absolute atomic E-state index is 13.0. The van der Waals surface area contributed by atoms with Crippen LogP contribution >= 0.6 is 23.2 Å². The molecule has 0 aromatic heterocycles. The van der Waals surface area contributed by atoms with E-state index in [4.69, 9.17) is 27.9 Å². The normalized spacial score (nSPS) is 12.6. The molecule has 7 nitrogen and oxygen atoms in total. The van der Waals surface area contributed by atoms with Crippen molar-refractivity contribution in [1.82, 2.24) is 0 Å². The molecule has 0 bridgehead atoms. The number of benzene rings is 3. The maximum atomic E-state index is 13.0. The number of rotatable bonds is 5. The van der Waals surface area contributed by atoms with Crippen LogP contribution in [-0.4, -0.2) is 30.9 Å². The van der Waals surface area contributed by atoms with Crippen LogP contribution in [0.4, 0.5) is 17.1 Å². The van der Waals surface area contributed by atoms with E-state index in [0.29, 0.717) is 38.4 Å². The molecule has 0 saturated carbocycles. The van der Waals surface area contributed by atoms with E-state index in [1.54, 1.807) is 60.7 Å². The first-order valence-electron chi connectivity index (χ1n) is 9.59. The molecule has 3 aromatic carbocycles. The van der Waals surface area contributed by atoms with E-state index in [9.17, 15) is 14.4 Å². The van der Waals surface area contributed by atoms with Gasteiger partial charge in [-0.15, -0.1) is 0 Å². The Balaban J connectivity index is 1.39. The van der Waals surface area contributed by atoms with Gasteiger partial charge >= 0.3 is 0 Å². The highest BCUT2D eigenvalue weighted by molar-refractivity contribution is 6.35. The first-order valence-corrected chi connectivity index (χ1v) is 10.3. The molecule has 1 heterocycles. The lowest BCUT2D eigenvalue weighted by Crippen LogP contribution is -2.42. The third-order valence-electron chi connectivity index (χ3n) is 4.68. The Kier molecular flexibility index (Phi) is 6.30. The van der Waals surface area contributed by atoms with Crippen LogP contribution in [0.1, 0.15) is 10.4 Å². The van der Waals surface area contributed by atoms with Crippen molar-refractivity contribution in [3.8, 4) is 5.75 Å². The minimum Gasteiger partial charge on any atom is -0.482 e. The van der Waals surface area contributed by atoms with Crippen molar-refractivity contribution in [3.05, 3.63) is 82.3 Å². The van der Waals surface area contributed by atoms with E-state index < -0.39 is 5.91 Å². The molecule has 4 rings (SSSR count). The summed E-state index contributed by atoms with van der Waals surface area (Å²) in [5.74, 6) is -0.623. The molecule has 0 saturated heterocycles. The van der Waals surface area contributed by atoms with Gasteiger partial charge in [0.1, 0.15) is 12.3 Å². The minimum atomic E-state index is -0.392. The van der Waals surface area contributed by atoms with Gasteiger partial charge in [0.2, 0.25) is 5.91 Å². The summed E-state index contributed by atoms with van der Waals surface area (Å²) in [6.45, 7) is -0.319. The quantitative estimate of drug-likeness (QED) is 0.570. The molecule has 32 heavy (non-hydrogen) atoms. The molecule has 2 N–H and O–H groups in total. The smallest absolute Gasteiger partial charge is 0.262 e. The van der Waals surface area contributed by atoms with Gasteiger partial charge in [0.05, 0.1) is 16.4 Å². The number of nitrogens with zero attached hydrogens (tertiary/aromatic N) is 1. The van der Waals surface area contributed by atoms with Gasteiger partial charge in [0, 0.05) is 16.3 Å². The van der Waals surface area contributed by atoms with Crippen LogP contribution in [-0.2, 0) is 9.59 Å². The molecule has 0 aliphatic carbocycles. The van der Waals surface area contributed by atoms with E-state index in [1.807, 2.05) is 0 Å². The summed E-state index contributed by atoms with van der Waals surface area (Å²) in [6.07, 6.45) is 0. The summed E-state index contributed by atoms with van der Waals surface area (Å²) in [4.78, 5) is 38.5. The minimum absolute atomic E-state index is 0.0705. The standard InChI is InChI=1S/C23H17Cl2N3O4/c24-15-7-10-20(17(25)11-15)32-13-22(30)26-16-8-5-14(6-9-16)23(31)28-12-21(29)27-18-3-1-2-4-19(18)28/h1-11H,12-13H2,(H,26,30)(H,27,29). The van der Waals surface area contributed by atoms with E-state index in [2.05, 4.69) is 10.6 Å². The van der Waals surface area contributed by atoms with E-state index in [1.165, 1.54) is 11.0 Å². The number of carbonyl (C=O) groups is 3. The monoisotopic (exact) mass is 469 g/mol. The van der Waals surface area contributed by atoms with Crippen LogP contribution in [0.2, 0.25) is 10.0 Å². The fourth-order valence-electron chi connectivity index (χ4n) is 3.20. The Labute approximate surface area is 193 Å². The van der Waals surface area contributed by atoms with Crippen LogP contribution < -0.4 is 20.3 Å². The Morgan fingerprint density at radius 3 is 2.53 bits per heavy atom. The van der Waals surface area contributed by atoms with E-state index in [0.717, 1.165) is 0 Å². The summed E-state index contributed by atoms with van der Waals surface area (Å²) in [6, 6.07) is 18.2. The predicted octanol–water partition coefficient (Wildman–Crippen LogP) is 4.61. The van der Waals surface area contributed by atoms with Crippen molar-refractivity contribution in [3.63, 3.8) is 0 Å². The molecule has 1 aliphatic heterocycles. The lowest BCUT2D eigenvalue weighted by molar-refractivity contribution is -0.118. The van der Waals surface area contributed by atoms with Crippen molar-refractivity contribution in [2.24, 2.45) is 0 Å². The predicted molar refractivity (Wildman–Crippen MR) is 124 cm³/mol. The zero-order valence-corrected chi connectivity index (χ0v) is 18.1. The average molecular weight is 470 g/mol.